The van der Waals surface area contributed by atoms with Crippen molar-refractivity contribution < 1.29 is 19.0 Å². The molecule has 0 unspecified atom stereocenters. The molecule has 0 aliphatic carbocycles. The molecule has 1 aliphatic rings. The predicted octanol–water partition coefficient (Wildman–Crippen LogP) is 2.93. The third-order valence-electron chi connectivity index (χ3n) is 4.32. The first-order valence-electron chi connectivity index (χ1n) is 9.13. The first-order chi connectivity index (χ1) is 14.2. The number of hydrogen-bond acceptors (Lipinski definition) is 7. The van der Waals surface area contributed by atoms with E-state index in [9.17, 15) is 4.79 Å². The molecule has 0 bridgehead atoms. The lowest BCUT2D eigenvalue weighted by atomic mass is 10.2. The Labute approximate surface area is 167 Å². The summed E-state index contributed by atoms with van der Waals surface area (Å²) in [4.78, 5) is 21.0. The molecule has 0 saturated heterocycles. The van der Waals surface area contributed by atoms with Crippen molar-refractivity contribution in [3.63, 3.8) is 0 Å². The molecule has 1 amide bonds. The zero-order chi connectivity index (χ0) is 20.1. The Kier molecular flexibility index (Phi) is 5.42. The molecule has 8 heteroatoms. The molecule has 2 heterocycles. The van der Waals surface area contributed by atoms with Crippen LogP contribution in [0.3, 0.4) is 0 Å². The van der Waals surface area contributed by atoms with E-state index in [4.69, 9.17) is 14.2 Å². The zero-order valence-electron chi connectivity index (χ0n) is 15.8. The molecule has 4 rings (SSSR count). The van der Waals surface area contributed by atoms with Gasteiger partial charge >= 0.3 is 0 Å². The number of carbonyl (C=O) groups excluding carboxylic acids is 1. The van der Waals surface area contributed by atoms with Crippen LogP contribution >= 0.6 is 0 Å². The molecule has 0 spiro atoms. The quantitative estimate of drug-likeness (QED) is 0.666. The molecule has 0 atom stereocenters. The topological polar surface area (TPSA) is 94.6 Å². The number of para-hydroxylation sites is 1. The van der Waals surface area contributed by atoms with E-state index in [2.05, 4.69) is 20.6 Å². The second-order valence-corrected chi connectivity index (χ2v) is 6.24. The van der Waals surface area contributed by atoms with Crippen LogP contribution in [0.15, 0.2) is 54.7 Å². The largest absolute Gasteiger partial charge is 0.496 e. The highest BCUT2D eigenvalue weighted by molar-refractivity contribution is 5.92. The Morgan fingerprint density at radius 2 is 1.93 bits per heavy atom. The van der Waals surface area contributed by atoms with Gasteiger partial charge < -0.3 is 24.8 Å². The second kappa shape index (κ2) is 8.47. The van der Waals surface area contributed by atoms with Gasteiger partial charge in [-0.1, -0.05) is 18.2 Å². The van der Waals surface area contributed by atoms with Crippen molar-refractivity contribution >= 4 is 17.5 Å². The van der Waals surface area contributed by atoms with Crippen molar-refractivity contribution in [1.29, 1.82) is 0 Å². The molecule has 1 aliphatic heterocycles. The summed E-state index contributed by atoms with van der Waals surface area (Å²) in [6, 6.07) is 14.6. The van der Waals surface area contributed by atoms with E-state index in [1.54, 1.807) is 13.2 Å². The molecule has 29 heavy (non-hydrogen) atoms. The summed E-state index contributed by atoms with van der Waals surface area (Å²) >= 11 is 0. The third kappa shape index (κ3) is 4.37. The lowest BCUT2D eigenvalue weighted by Crippen LogP contribution is -2.24. The minimum absolute atomic E-state index is 0.259. The van der Waals surface area contributed by atoms with E-state index in [0.29, 0.717) is 37.2 Å². The van der Waals surface area contributed by atoms with Gasteiger partial charge in [0.25, 0.3) is 5.91 Å². The number of rotatable bonds is 6. The van der Waals surface area contributed by atoms with Crippen LogP contribution in [-0.2, 0) is 6.54 Å². The molecule has 0 saturated carbocycles. The fourth-order valence-corrected chi connectivity index (χ4v) is 2.91. The molecular formula is C21H20N4O4. The third-order valence-corrected chi connectivity index (χ3v) is 4.32. The van der Waals surface area contributed by atoms with E-state index in [1.165, 1.54) is 6.20 Å². The number of aromatic nitrogens is 2. The second-order valence-electron chi connectivity index (χ2n) is 6.24. The van der Waals surface area contributed by atoms with Gasteiger partial charge in [0.05, 0.1) is 7.11 Å². The number of nitrogens with one attached hydrogen (secondary N) is 2. The summed E-state index contributed by atoms with van der Waals surface area (Å²) < 4.78 is 16.4. The number of hydrogen-bond donors (Lipinski definition) is 2. The van der Waals surface area contributed by atoms with E-state index in [-0.39, 0.29) is 11.6 Å². The Balaban J connectivity index is 1.43. The van der Waals surface area contributed by atoms with Crippen molar-refractivity contribution in [2.24, 2.45) is 0 Å². The lowest BCUT2D eigenvalue weighted by Gasteiger charge is -2.19. The van der Waals surface area contributed by atoms with Crippen LogP contribution in [0.4, 0.5) is 11.6 Å². The maximum atomic E-state index is 12.5. The van der Waals surface area contributed by atoms with E-state index < -0.39 is 0 Å². The molecule has 1 aromatic heterocycles. The fourth-order valence-electron chi connectivity index (χ4n) is 2.91. The van der Waals surface area contributed by atoms with Crippen LogP contribution in [0.5, 0.6) is 17.2 Å². The van der Waals surface area contributed by atoms with Crippen LogP contribution in [0, 0.1) is 0 Å². The number of ether oxygens (including phenoxy) is 3. The number of benzene rings is 2. The highest BCUT2D eigenvalue weighted by atomic mass is 16.6. The maximum Gasteiger partial charge on any atom is 0.270 e. The summed E-state index contributed by atoms with van der Waals surface area (Å²) in [6.45, 7) is 1.38. The number of amides is 1. The van der Waals surface area contributed by atoms with Gasteiger partial charge in [-0.25, -0.2) is 9.97 Å². The van der Waals surface area contributed by atoms with Gasteiger partial charge in [-0.15, -0.1) is 0 Å². The summed E-state index contributed by atoms with van der Waals surface area (Å²) in [5.41, 5.74) is 1.88. The van der Waals surface area contributed by atoms with Gasteiger partial charge in [-0.3, -0.25) is 4.79 Å². The summed E-state index contributed by atoms with van der Waals surface area (Å²) in [5, 5.41) is 5.93. The number of nitrogens with zero attached hydrogens (tertiary/aromatic N) is 2. The Hall–Kier alpha value is -3.81. The molecule has 2 N–H and O–H groups in total. The predicted molar refractivity (Wildman–Crippen MR) is 107 cm³/mol. The van der Waals surface area contributed by atoms with Crippen molar-refractivity contribution in [3.05, 3.63) is 66.0 Å². The van der Waals surface area contributed by atoms with Crippen LogP contribution in [0.1, 0.15) is 16.1 Å². The first-order valence-corrected chi connectivity index (χ1v) is 9.13. The van der Waals surface area contributed by atoms with E-state index >= 15 is 0 Å². The van der Waals surface area contributed by atoms with Gasteiger partial charge in [0.15, 0.2) is 11.5 Å². The SMILES string of the molecule is COc1ccccc1CNC(=O)c1ccnc(Nc2ccc3c(c2)OCCO3)n1. The Morgan fingerprint density at radius 1 is 1.10 bits per heavy atom. The van der Waals surface area contributed by atoms with Crippen molar-refractivity contribution in [2.75, 3.05) is 25.6 Å². The van der Waals surface area contributed by atoms with E-state index in [1.807, 2.05) is 42.5 Å². The normalized spacial score (nSPS) is 12.2. The van der Waals surface area contributed by atoms with Gasteiger partial charge in [0.2, 0.25) is 5.95 Å². The summed E-state index contributed by atoms with van der Waals surface area (Å²) in [5.74, 6) is 2.09. The number of fused-ring (bicyclic) bond motifs is 1. The van der Waals surface area contributed by atoms with Gasteiger partial charge in [0, 0.05) is 30.1 Å². The zero-order valence-corrected chi connectivity index (χ0v) is 15.8. The van der Waals surface area contributed by atoms with Crippen LogP contribution in [0.2, 0.25) is 0 Å². The smallest absolute Gasteiger partial charge is 0.270 e. The molecule has 8 nitrogen and oxygen atoms in total. The lowest BCUT2D eigenvalue weighted by molar-refractivity contribution is 0.0945. The molecule has 148 valence electrons. The average molecular weight is 392 g/mol. The Bertz CT molecular complexity index is 1030. The molecule has 2 aromatic carbocycles. The molecular weight excluding hydrogens is 372 g/mol. The van der Waals surface area contributed by atoms with Crippen LogP contribution in [0.25, 0.3) is 0 Å². The van der Waals surface area contributed by atoms with Crippen LogP contribution in [-0.4, -0.2) is 36.2 Å². The van der Waals surface area contributed by atoms with E-state index in [0.717, 1.165) is 17.0 Å². The van der Waals surface area contributed by atoms with Crippen molar-refractivity contribution in [1.82, 2.24) is 15.3 Å². The molecule has 3 aromatic rings. The fraction of sp³-hybridized carbons (Fsp3) is 0.190. The van der Waals surface area contributed by atoms with Crippen LogP contribution < -0.4 is 24.8 Å². The van der Waals surface area contributed by atoms with Gasteiger partial charge in [0.1, 0.15) is 24.7 Å². The highest BCUT2D eigenvalue weighted by Gasteiger charge is 2.13. The molecule has 0 radical (unpaired) electrons. The monoisotopic (exact) mass is 392 g/mol. The number of methoxy groups -OCH3 is 1. The summed E-state index contributed by atoms with van der Waals surface area (Å²) in [6.07, 6.45) is 1.53. The minimum atomic E-state index is -0.302. The Morgan fingerprint density at radius 3 is 2.79 bits per heavy atom. The first kappa shape index (κ1) is 18.5. The minimum Gasteiger partial charge on any atom is -0.496 e. The standard InChI is InChI=1S/C21H20N4O4/c1-27-17-5-3-2-4-14(17)13-23-20(26)16-8-9-22-21(25-16)24-15-6-7-18-19(12-15)29-11-10-28-18/h2-9,12H,10-11,13H2,1H3,(H,23,26)(H,22,24,25). The van der Waals surface area contributed by atoms with Crippen molar-refractivity contribution in [2.45, 2.75) is 6.54 Å². The molecule has 0 fully saturated rings. The average Bonchev–Trinajstić information content (AvgIpc) is 2.77. The summed E-state index contributed by atoms with van der Waals surface area (Å²) in [7, 11) is 1.60. The maximum absolute atomic E-state index is 12.5. The number of anilines is 2. The van der Waals surface area contributed by atoms with Gasteiger partial charge in [-0.2, -0.15) is 0 Å². The number of carbonyl (C=O) groups is 1. The van der Waals surface area contributed by atoms with Gasteiger partial charge in [-0.05, 0) is 24.3 Å². The van der Waals surface area contributed by atoms with Crippen molar-refractivity contribution in [3.8, 4) is 17.2 Å². The highest BCUT2D eigenvalue weighted by Crippen LogP contribution is 2.33.